The van der Waals surface area contributed by atoms with E-state index >= 15 is 0 Å². The standard InChI is InChI=1S/C27H31F2NO4S/c1-3-27(28,29)21-8-10-22(11-9-21)34-25-13-7-20-14-16-30(26(31)15-17-35(2,32)33)18-24(20)23(25)12-6-19-4-5-19/h6-13,19H,3-5,14-18H2,1-2H3/b12-6+. The van der Waals surface area contributed by atoms with Gasteiger partial charge in [-0.3, -0.25) is 4.79 Å². The van der Waals surface area contributed by atoms with Crippen molar-refractivity contribution in [2.24, 2.45) is 5.92 Å². The number of benzene rings is 2. The van der Waals surface area contributed by atoms with Crippen molar-refractivity contribution in [2.45, 2.75) is 51.5 Å². The lowest BCUT2D eigenvalue weighted by atomic mass is 9.93. The Hall–Kier alpha value is -2.74. The van der Waals surface area contributed by atoms with Gasteiger partial charge in [0.05, 0.1) is 5.75 Å². The van der Waals surface area contributed by atoms with Gasteiger partial charge in [-0.2, -0.15) is 0 Å². The summed E-state index contributed by atoms with van der Waals surface area (Å²) in [5.41, 5.74) is 2.93. The highest BCUT2D eigenvalue weighted by atomic mass is 32.2. The van der Waals surface area contributed by atoms with E-state index in [-0.39, 0.29) is 30.1 Å². The van der Waals surface area contributed by atoms with Crippen molar-refractivity contribution in [3.05, 3.63) is 64.7 Å². The van der Waals surface area contributed by atoms with Gasteiger partial charge in [-0.1, -0.05) is 25.1 Å². The second-order valence-electron chi connectivity index (χ2n) is 9.44. The van der Waals surface area contributed by atoms with E-state index in [2.05, 4.69) is 6.08 Å². The zero-order chi connectivity index (χ0) is 25.2. The van der Waals surface area contributed by atoms with Crippen LogP contribution >= 0.6 is 0 Å². The van der Waals surface area contributed by atoms with Crippen LogP contribution in [-0.4, -0.2) is 37.8 Å². The highest BCUT2D eigenvalue weighted by molar-refractivity contribution is 7.90. The molecule has 0 atom stereocenters. The number of hydrogen-bond donors (Lipinski definition) is 0. The van der Waals surface area contributed by atoms with Crippen LogP contribution in [0.25, 0.3) is 6.08 Å². The molecule has 0 radical (unpaired) electrons. The van der Waals surface area contributed by atoms with E-state index in [1.54, 1.807) is 17.0 Å². The lowest BCUT2D eigenvalue weighted by molar-refractivity contribution is -0.131. The van der Waals surface area contributed by atoms with Crippen molar-refractivity contribution in [3.63, 3.8) is 0 Å². The minimum Gasteiger partial charge on any atom is -0.457 e. The van der Waals surface area contributed by atoms with Crippen LogP contribution in [-0.2, 0) is 33.5 Å². The number of carbonyl (C=O) groups excluding carboxylic acids is 1. The van der Waals surface area contributed by atoms with Crippen molar-refractivity contribution in [3.8, 4) is 11.5 Å². The number of halogens is 2. The van der Waals surface area contributed by atoms with Crippen LogP contribution in [0.4, 0.5) is 8.78 Å². The van der Waals surface area contributed by atoms with Gasteiger partial charge in [-0.25, -0.2) is 17.2 Å². The van der Waals surface area contributed by atoms with Gasteiger partial charge >= 0.3 is 0 Å². The van der Waals surface area contributed by atoms with E-state index in [9.17, 15) is 22.0 Å². The average Bonchev–Trinajstić information content (AvgIpc) is 3.66. The number of nitrogens with zero attached hydrogens (tertiary/aromatic N) is 1. The monoisotopic (exact) mass is 503 g/mol. The summed E-state index contributed by atoms with van der Waals surface area (Å²) in [6.45, 7) is 2.36. The number of fused-ring (bicyclic) bond motifs is 1. The number of allylic oxidation sites excluding steroid dienone is 1. The SMILES string of the molecule is CCC(F)(F)c1ccc(Oc2ccc3c(c2/C=C/C2CC2)CN(C(=O)CCS(C)(=O)=O)CC3)cc1. The summed E-state index contributed by atoms with van der Waals surface area (Å²) in [4.78, 5) is 14.4. The minimum absolute atomic E-state index is 0.0354. The van der Waals surface area contributed by atoms with Crippen molar-refractivity contribution < 1.29 is 26.7 Å². The van der Waals surface area contributed by atoms with Gasteiger partial charge in [0.1, 0.15) is 21.3 Å². The quantitative estimate of drug-likeness (QED) is 0.439. The fourth-order valence-electron chi connectivity index (χ4n) is 4.17. The summed E-state index contributed by atoms with van der Waals surface area (Å²) in [6.07, 6.45) is 7.97. The number of ether oxygens (including phenoxy) is 1. The highest BCUT2D eigenvalue weighted by Gasteiger charge is 2.29. The van der Waals surface area contributed by atoms with Crippen molar-refractivity contribution in [2.75, 3.05) is 18.6 Å². The number of amides is 1. The van der Waals surface area contributed by atoms with E-state index in [1.165, 1.54) is 19.1 Å². The molecule has 0 aromatic heterocycles. The van der Waals surface area contributed by atoms with E-state index in [0.29, 0.717) is 36.9 Å². The summed E-state index contributed by atoms with van der Waals surface area (Å²) >= 11 is 0. The summed E-state index contributed by atoms with van der Waals surface area (Å²) in [7, 11) is -3.22. The second kappa shape index (κ2) is 10.1. The van der Waals surface area contributed by atoms with Gasteiger partial charge < -0.3 is 9.64 Å². The average molecular weight is 504 g/mol. The Labute approximate surface area is 205 Å². The molecule has 0 saturated heterocycles. The number of rotatable bonds is 9. The van der Waals surface area contributed by atoms with E-state index in [4.69, 9.17) is 4.74 Å². The zero-order valence-corrected chi connectivity index (χ0v) is 20.9. The molecular formula is C27H31F2NO4S. The van der Waals surface area contributed by atoms with Crippen LogP contribution in [0.5, 0.6) is 11.5 Å². The third kappa shape index (κ3) is 6.48. The van der Waals surface area contributed by atoms with Crippen LogP contribution in [0, 0.1) is 5.92 Å². The number of carbonyl (C=O) groups is 1. The molecule has 1 heterocycles. The molecule has 5 nitrogen and oxygen atoms in total. The summed E-state index contributed by atoms with van der Waals surface area (Å²) < 4.78 is 57.1. The highest BCUT2D eigenvalue weighted by Crippen LogP contribution is 2.38. The molecule has 35 heavy (non-hydrogen) atoms. The first kappa shape index (κ1) is 25.4. The van der Waals surface area contributed by atoms with Gasteiger partial charge in [0, 0.05) is 43.3 Å². The van der Waals surface area contributed by atoms with E-state index in [1.807, 2.05) is 18.2 Å². The fraction of sp³-hybridized carbons (Fsp3) is 0.444. The van der Waals surface area contributed by atoms with Gasteiger partial charge in [-0.05, 0) is 66.6 Å². The first-order valence-corrected chi connectivity index (χ1v) is 14.1. The molecule has 0 N–H and O–H groups in total. The Morgan fingerprint density at radius 3 is 2.51 bits per heavy atom. The largest absolute Gasteiger partial charge is 0.457 e. The normalized spacial score (nSPS) is 16.4. The molecule has 1 saturated carbocycles. The van der Waals surface area contributed by atoms with Gasteiger partial charge in [-0.15, -0.1) is 0 Å². The van der Waals surface area contributed by atoms with E-state index in [0.717, 1.165) is 35.8 Å². The van der Waals surface area contributed by atoms with Crippen molar-refractivity contribution >= 4 is 21.8 Å². The molecule has 0 unspecified atom stereocenters. The predicted octanol–water partition coefficient (Wildman–Crippen LogP) is 5.72. The number of alkyl halides is 2. The molecule has 1 aliphatic carbocycles. The molecule has 2 aliphatic rings. The maximum atomic E-state index is 14.0. The summed E-state index contributed by atoms with van der Waals surface area (Å²) in [6, 6.07) is 9.75. The Bertz CT molecular complexity index is 1220. The molecule has 1 fully saturated rings. The minimum atomic E-state index is -3.22. The Morgan fingerprint density at radius 2 is 1.89 bits per heavy atom. The fourth-order valence-corrected chi connectivity index (χ4v) is 4.71. The lowest BCUT2D eigenvalue weighted by Crippen LogP contribution is -2.37. The summed E-state index contributed by atoms with van der Waals surface area (Å²) in [5.74, 6) is -1.64. The molecule has 8 heteroatoms. The maximum Gasteiger partial charge on any atom is 0.273 e. The van der Waals surface area contributed by atoms with Gasteiger partial charge in [0.25, 0.3) is 5.92 Å². The predicted molar refractivity (Wildman–Crippen MR) is 132 cm³/mol. The van der Waals surface area contributed by atoms with Crippen LogP contribution in [0.1, 0.15) is 54.9 Å². The van der Waals surface area contributed by atoms with E-state index < -0.39 is 15.8 Å². The van der Waals surface area contributed by atoms with Gasteiger partial charge in [0.2, 0.25) is 5.91 Å². The first-order valence-electron chi connectivity index (χ1n) is 12.0. The molecule has 2 aromatic carbocycles. The molecule has 2 aromatic rings. The van der Waals surface area contributed by atoms with Crippen LogP contribution in [0.3, 0.4) is 0 Å². The maximum absolute atomic E-state index is 14.0. The van der Waals surface area contributed by atoms with Crippen molar-refractivity contribution in [1.29, 1.82) is 0 Å². The Balaban J connectivity index is 1.60. The lowest BCUT2D eigenvalue weighted by Gasteiger charge is -2.31. The van der Waals surface area contributed by atoms with Crippen LogP contribution < -0.4 is 4.74 Å². The molecule has 4 rings (SSSR count). The topological polar surface area (TPSA) is 63.7 Å². The molecule has 0 spiro atoms. The molecular weight excluding hydrogens is 472 g/mol. The Morgan fingerprint density at radius 1 is 1.17 bits per heavy atom. The molecule has 0 bridgehead atoms. The van der Waals surface area contributed by atoms with Crippen LogP contribution in [0.15, 0.2) is 42.5 Å². The molecule has 188 valence electrons. The zero-order valence-electron chi connectivity index (χ0n) is 20.1. The third-order valence-electron chi connectivity index (χ3n) is 6.56. The first-order chi connectivity index (χ1) is 16.6. The third-order valence-corrected chi connectivity index (χ3v) is 7.50. The Kier molecular flexibility index (Phi) is 7.31. The van der Waals surface area contributed by atoms with Gasteiger partial charge in [0.15, 0.2) is 0 Å². The van der Waals surface area contributed by atoms with Crippen LogP contribution in [0.2, 0.25) is 0 Å². The number of hydrogen-bond acceptors (Lipinski definition) is 4. The number of sulfone groups is 1. The molecule has 1 amide bonds. The van der Waals surface area contributed by atoms with Crippen molar-refractivity contribution in [1.82, 2.24) is 4.90 Å². The summed E-state index contributed by atoms with van der Waals surface area (Å²) in [5, 5.41) is 0. The second-order valence-corrected chi connectivity index (χ2v) is 11.7. The smallest absolute Gasteiger partial charge is 0.273 e. The molecule has 1 aliphatic heterocycles.